The zero-order valence-electron chi connectivity index (χ0n) is 9.67. The van der Waals surface area contributed by atoms with E-state index in [9.17, 15) is 0 Å². The molecule has 0 aliphatic carbocycles. The molecule has 0 spiro atoms. The number of alkyl halides is 1. The van der Waals surface area contributed by atoms with E-state index >= 15 is 0 Å². The highest BCUT2D eigenvalue weighted by atomic mass is 79.9. The molecule has 0 N–H and O–H groups in total. The summed E-state index contributed by atoms with van der Waals surface area (Å²) in [6, 6.07) is 1.42. The van der Waals surface area contributed by atoms with Crippen LogP contribution in [0.15, 0.2) is 0 Å². The van der Waals surface area contributed by atoms with Gasteiger partial charge in [-0.25, -0.2) is 0 Å². The van der Waals surface area contributed by atoms with Gasteiger partial charge in [-0.05, 0) is 40.3 Å². The average Bonchev–Trinajstić information content (AvgIpc) is 2.14. The van der Waals surface area contributed by atoms with Crippen LogP contribution in [0, 0.1) is 0 Å². The molecule has 0 bridgehead atoms. The summed E-state index contributed by atoms with van der Waals surface area (Å²) in [5.41, 5.74) is 0. The van der Waals surface area contributed by atoms with E-state index in [4.69, 9.17) is 0 Å². The Labute approximate surface area is 96.8 Å². The highest BCUT2D eigenvalue weighted by molar-refractivity contribution is 9.09. The van der Waals surface area contributed by atoms with Crippen molar-refractivity contribution in [2.45, 2.75) is 38.8 Å². The molecule has 1 saturated heterocycles. The molecule has 3 heteroatoms. The van der Waals surface area contributed by atoms with Crippen LogP contribution >= 0.6 is 15.9 Å². The largest absolute Gasteiger partial charge is 0.300 e. The molecule has 1 aliphatic heterocycles. The minimum absolute atomic E-state index is 0.711. The van der Waals surface area contributed by atoms with E-state index in [2.05, 4.69) is 46.6 Å². The Bertz CT molecular complexity index is 151. The number of nitrogens with zero attached hydrogens (tertiary/aromatic N) is 2. The molecule has 0 saturated carbocycles. The van der Waals surface area contributed by atoms with E-state index in [0.29, 0.717) is 12.1 Å². The van der Waals surface area contributed by atoms with Crippen molar-refractivity contribution in [2.75, 3.05) is 32.0 Å². The molecule has 0 aromatic carbocycles. The Kier molecular flexibility index (Phi) is 5.42. The van der Waals surface area contributed by atoms with Gasteiger partial charge in [0.05, 0.1) is 0 Å². The quantitative estimate of drug-likeness (QED) is 0.566. The summed E-state index contributed by atoms with van der Waals surface area (Å²) in [7, 11) is 2.24. The van der Waals surface area contributed by atoms with Gasteiger partial charge in [-0.15, -0.1) is 0 Å². The minimum Gasteiger partial charge on any atom is -0.300 e. The fourth-order valence-corrected chi connectivity index (χ4v) is 2.52. The summed E-state index contributed by atoms with van der Waals surface area (Å²) < 4.78 is 0. The van der Waals surface area contributed by atoms with Gasteiger partial charge >= 0.3 is 0 Å². The summed E-state index contributed by atoms with van der Waals surface area (Å²) in [4.78, 5) is 5.10. The fraction of sp³-hybridized carbons (Fsp3) is 1.00. The summed E-state index contributed by atoms with van der Waals surface area (Å²) in [6.45, 7) is 8.40. The summed E-state index contributed by atoms with van der Waals surface area (Å²) in [6.07, 6.45) is 2.63. The van der Waals surface area contributed by atoms with E-state index in [-0.39, 0.29) is 0 Å². The molecule has 1 heterocycles. The van der Waals surface area contributed by atoms with E-state index in [0.717, 1.165) is 5.33 Å². The maximum absolute atomic E-state index is 3.48. The Balaban J connectivity index is 2.27. The molecule has 2 atom stereocenters. The van der Waals surface area contributed by atoms with Crippen molar-refractivity contribution < 1.29 is 0 Å². The molecule has 0 amide bonds. The second-order valence-corrected chi connectivity index (χ2v) is 5.31. The van der Waals surface area contributed by atoms with Crippen LogP contribution in [0.1, 0.15) is 26.7 Å². The number of hydrogen-bond acceptors (Lipinski definition) is 2. The van der Waals surface area contributed by atoms with Crippen molar-refractivity contribution in [3.63, 3.8) is 0 Å². The normalized spacial score (nSPS) is 30.9. The molecule has 14 heavy (non-hydrogen) atoms. The van der Waals surface area contributed by atoms with Gasteiger partial charge in [-0.2, -0.15) is 0 Å². The van der Waals surface area contributed by atoms with Gasteiger partial charge in [0, 0.05) is 30.5 Å². The van der Waals surface area contributed by atoms with Gasteiger partial charge in [0.15, 0.2) is 0 Å². The van der Waals surface area contributed by atoms with E-state index in [1.807, 2.05) is 0 Å². The van der Waals surface area contributed by atoms with Gasteiger partial charge in [-0.1, -0.05) is 15.9 Å². The Morgan fingerprint density at radius 2 is 1.71 bits per heavy atom. The molecule has 0 aromatic heterocycles. The number of rotatable bonds is 4. The molecule has 1 aliphatic rings. The van der Waals surface area contributed by atoms with Crippen LogP contribution in [0.5, 0.6) is 0 Å². The first-order valence-corrected chi connectivity index (χ1v) is 6.77. The van der Waals surface area contributed by atoms with Crippen LogP contribution in [-0.4, -0.2) is 53.9 Å². The molecular formula is C11H23BrN2. The molecule has 2 nitrogen and oxygen atoms in total. The third kappa shape index (κ3) is 3.52. The third-order valence-corrected chi connectivity index (χ3v) is 3.85. The zero-order chi connectivity index (χ0) is 10.6. The predicted octanol–water partition coefficient (Wildman–Crippen LogP) is 2.19. The van der Waals surface area contributed by atoms with E-state index in [1.54, 1.807) is 0 Å². The zero-order valence-corrected chi connectivity index (χ0v) is 11.3. The van der Waals surface area contributed by atoms with Crippen LogP contribution in [0.3, 0.4) is 0 Å². The smallest absolute Gasteiger partial charge is 0.0195 e. The number of halogens is 1. The second kappa shape index (κ2) is 6.09. The van der Waals surface area contributed by atoms with Gasteiger partial charge < -0.3 is 4.90 Å². The fourth-order valence-electron chi connectivity index (χ4n) is 2.13. The van der Waals surface area contributed by atoms with E-state index < -0.39 is 0 Å². The summed E-state index contributed by atoms with van der Waals surface area (Å²) >= 11 is 3.48. The van der Waals surface area contributed by atoms with Crippen molar-refractivity contribution in [3.05, 3.63) is 0 Å². The van der Waals surface area contributed by atoms with Crippen LogP contribution in [0.25, 0.3) is 0 Å². The van der Waals surface area contributed by atoms with Gasteiger partial charge in [0.1, 0.15) is 0 Å². The van der Waals surface area contributed by atoms with Crippen molar-refractivity contribution in [1.29, 1.82) is 0 Å². The van der Waals surface area contributed by atoms with Crippen LogP contribution in [-0.2, 0) is 0 Å². The van der Waals surface area contributed by atoms with Gasteiger partial charge in [0.2, 0.25) is 0 Å². The third-order valence-electron chi connectivity index (χ3n) is 3.29. The van der Waals surface area contributed by atoms with Crippen molar-refractivity contribution in [2.24, 2.45) is 0 Å². The summed E-state index contributed by atoms with van der Waals surface area (Å²) in [5.74, 6) is 0. The van der Waals surface area contributed by atoms with Crippen molar-refractivity contribution >= 4 is 15.9 Å². The van der Waals surface area contributed by atoms with Crippen molar-refractivity contribution in [3.8, 4) is 0 Å². The Morgan fingerprint density at radius 1 is 1.14 bits per heavy atom. The molecule has 0 radical (unpaired) electrons. The minimum atomic E-state index is 0.711. The number of piperazine rings is 1. The number of hydrogen-bond donors (Lipinski definition) is 0. The van der Waals surface area contributed by atoms with Crippen LogP contribution in [0.4, 0.5) is 0 Å². The maximum atomic E-state index is 3.48. The lowest BCUT2D eigenvalue weighted by molar-refractivity contribution is 0.0594. The van der Waals surface area contributed by atoms with Gasteiger partial charge in [-0.3, -0.25) is 4.90 Å². The second-order valence-electron chi connectivity index (χ2n) is 4.52. The molecule has 2 unspecified atom stereocenters. The highest BCUT2D eigenvalue weighted by Gasteiger charge is 2.25. The lowest BCUT2D eigenvalue weighted by Crippen LogP contribution is -2.54. The maximum Gasteiger partial charge on any atom is 0.0195 e. The topological polar surface area (TPSA) is 6.48 Å². The van der Waals surface area contributed by atoms with Crippen molar-refractivity contribution in [1.82, 2.24) is 9.80 Å². The highest BCUT2D eigenvalue weighted by Crippen LogP contribution is 2.13. The predicted molar refractivity (Wildman–Crippen MR) is 66.2 cm³/mol. The molecule has 0 aromatic rings. The SMILES string of the molecule is CC1CN(CCCCBr)CC(C)N1C. The molecule has 1 fully saturated rings. The first kappa shape index (κ1) is 12.5. The lowest BCUT2D eigenvalue weighted by atomic mass is 10.1. The molecule has 84 valence electrons. The van der Waals surface area contributed by atoms with E-state index in [1.165, 1.54) is 32.5 Å². The number of unbranched alkanes of at least 4 members (excludes halogenated alkanes) is 1. The van der Waals surface area contributed by atoms with Crippen LogP contribution in [0.2, 0.25) is 0 Å². The van der Waals surface area contributed by atoms with Crippen LogP contribution < -0.4 is 0 Å². The average molecular weight is 263 g/mol. The standard InChI is InChI=1S/C11H23BrN2/c1-10-8-14(7-5-4-6-12)9-11(2)13(10)3/h10-11H,4-9H2,1-3H3. The lowest BCUT2D eigenvalue weighted by Gasteiger charge is -2.42. The first-order valence-electron chi connectivity index (χ1n) is 5.65. The number of likely N-dealkylation sites (N-methyl/N-ethyl adjacent to an activating group) is 1. The molecule has 1 rings (SSSR count). The monoisotopic (exact) mass is 262 g/mol. The summed E-state index contributed by atoms with van der Waals surface area (Å²) in [5, 5.41) is 1.14. The first-order chi connectivity index (χ1) is 6.65. The Morgan fingerprint density at radius 3 is 2.21 bits per heavy atom. The molecular weight excluding hydrogens is 240 g/mol. The van der Waals surface area contributed by atoms with Gasteiger partial charge in [0.25, 0.3) is 0 Å². The Hall–Kier alpha value is 0.400.